The second kappa shape index (κ2) is 3.94. The van der Waals surface area contributed by atoms with E-state index in [0.29, 0.717) is 24.2 Å². The number of nitrogens with zero attached hydrogens (tertiary/aromatic N) is 1. The van der Waals surface area contributed by atoms with Crippen molar-refractivity contribution < 1.29 is 9.59 Å². The molecule has 0 bridgehead atoms. The van der Waals surface area contributed by atoms with Crippen LogP contribution in [0.5, 0.6) is 0 Å². The molecule has 0 aliphatic carbocycles. The molecule has 2 amide bonds. The van der Waals surface area contributed by atoms with Gasteiger partial charge >= 0.3 is 0 Å². The number of carbonyl (C=O) groups excluding carboxylic acids is 2. The molecule has 2 heterocycles. The van der Waals surface area contributed by atoms with Gasteiger partial charge in [0.05, 0.1) is 17.2 Å². The highest BCUT2D eigenvalue weighted by molar-refractivity contribution is 6.21. The molecular weight excluding hydrogens is 218 g/mol. The van der Waals surface area contributed by atoms with Crippen LogP contribution in [0.4, 0.5) is 0 Å². The lowest BCUT2D eigenvalue weighted by Gasteiger charge is -2.30. The zero-order valence-corrected chi connectivity index (χ0v) is 9.27. The molecule has 88 valence electrons. The highest BCUT2D eigenvalue weighted by Gasteiger charge is 2.39. The number of amides is 2. The molecule has 2 aliphatic heterocycles. The lowest BCUT2D eigenvalue weighted by Crippen LogP contribution is -2.56. The molecule has 0 unspecified atom stereocenters. The van der Waals surface area contributed by atoms with Crippen molar-refractivity contribution >= 4 is 11.8 Å². The zero-order chi connectivity index (χ0) is 11.8. The molecule has 3 rings (SSSR count). The zero-order valence-electron chi connectivity index (χ0n) is 9.27. The summed E-state index contributed by atoms with van der Waals surface area (Å²) in [6, 6.07) is 6.88. The number of rotatable bonds is 1. The van der Waals surface area contributed by atoms with E-state index in [9.17, 15) is 9.59 Å². The Bertz CT molecular complexity index is 445. The van der Waals surface area contributed by atoms with E-state index in [1.165, 1.54) is 4.90 Å². The van der Waals surface area contributed by atoms with Crippen molar-refractivity contribution in [1.82, 2.24) is 15.5 Å². The van der Waals surface area contributed by atoms with E-state index in [0.717, 1.165) is 6.67 Å². The SMILES string of the molecule is O=C1c2ccccc2C(=O)N1C1CNCNC1. The van der Waals surface area contributed by atoms with Gasteiger partial charge in [-0.25, -0.2) is 0 Å². The summed E-state index contributed by atoms with van der Waals surface area (Å²) in [4.78, 5) is 25.7. The minimum absolute atomic E-state index is 0.101. The quantitative estimate of drug-likeness (QED) is 0.657. The van der Waals surface area contributed by atoms with Crippen molar-refractivity contribution in [3.05, 3.63) is 35.4 Å². The van der Waals surface area contributed by atoms with Crippen LogP contribution >= 0.6 is 0 Å². The van der Waals surface area contributed by atoms with Gasteiger partial charge in [-0.2, -0.15) is 0 Å². The molecule has 1 aromatic rings. The van der Waals surface area contributed by atoms with Gasteiger partial charge in [0.15, 0.2) is 0 Å². The Morgan fingerprint density at radius 2 is 1.53 bits per heavy atom. The van der Waals surface area contributed by atoms with Crippen molar-refractivity contribution in [2.75, 3.05) is 19.8 Å². The summed E-state index contributed by atoms with van der Waals surface area (Å²) >= 11 is 0. The number of benzene rings is 1. The van der Waals surface area contributed by atoms with Crippen molar-refractivity contribution in [2.24, 2.45) is 0 Å². The number of carbonyl (C=O) groups is 2. The molecule has 0 radical (unpaired) electrons. The molecule has 5 heteroatoms. The highest BCUT2D eigenvalue weighted by Crippen LogP contribution is 2.24. The molecular formula is C12H13N3O2. The summed E-state index contributed by atoms with van der Waals surface area (Å²) in [6.07, 6.45) is 0. The fourth-order valence-electron chi connectivity index (χ4n) is 2.36. The van der Waals surface area contributed by atoms with E-state index in [-0.39, 0.29) is 17.9 Å². The first-order valence-corrected chi connectivity index (χ1v) is 5.67. The van der Waals surface area contributed by atoms with Gasteiger partial charge in [-0.15, -0.1) is 0 Å². The minimum Gasteiger partial charge on any atom is -0.302 e. The summed E-state index contributed by atoms with van der Waals surface area (Å²) < 4.78 is 0. The molecule has 5 nitrogen and oxygen atoms in total. The molecule has 1 saturated heterocycles. The van der Waals surface area contributed by atoms with Crippen LogP contribution in [0.1, 0.15) is 20.7 Å². The van der Waals surface area contributed by atoms with Crippen molar-refractivity contribution in [2.45, 2.75) is 6.04 Å². The second-order valence-corrected chi connectivity index (χ2v) is 4.26. The smallest absolute Gasteiger partial charge is 0.261 e. The van der Waals surface area contributed by atoms with E-state index in [2.05, 4.69) is 10.6 Å². The lowest BCUT2D eigenvalue weighted by molar-refractivity contribution is 0.0568. The fourth-order valence-corrected chi connectivity index (χ4v) is 2.36. The summed E-state index contributed by atoms with van der Waals surface area (Å²) in [5, 5.41) is 6.24. The number of hydrogen-bond donors (Lipinski definition) is 2. The molecule has 0 atom stereocenters. The van der Waals surface area contributed by atoms with Gasteiger partial charge in [0, 0.05) is 19.8 Å². The third kappa shape index (κ3) is 1.55. The first-order valence-electron chi connectivity index (χ1n) is 5.67. The van der Waals surface area contributed by atoms with Gasteiger partial charge < -0.3 is 10.6 Å². The van der Waals surface area contributed by atoms with Crippen molar-refractivity contribution in [3.63, 3.8) is 0 Å². The summed E-state index contributed by atoms with van der Waals surface area (Å²) in [5.41, 5.74) is 1.03. The largest absolute Gasteiger partial charge is 0.302 e. The monoisotopic (exact) mass is 231 g/mol. The Hall–Kier alpha value is -1.72. The van der Waals surface area contributed by atoms with Crippen LogP contribution in [0.15, 0.2) is 24.3 Å². The molecule has 0 spiro atoms. The molecule has 0 aromatic heterocycles. The summed E-state index contributed by atoms with van der Waals surface area (Å²) in [5.74, 6) is -0.359. The second-order valence-electron chi connectivity index (χ2n) is 4.26. The highest BCUT2D eigenvalue weighted by atomic mass is 16.2. The molecule has 2 aliphatic rings. The lowest BCUT2D eigenvalue weighted by atomic mass is 10.1. The van der Waals surface area contributed by atoms with Crippen molar-refractivity contribution in [1.29, 1.82) is 0 Å². The van der Waals surface area contributed by atoms with Gasteiger partial charge in [-0.05, 0) is 12.1 Å². The average Bonchev–Trinajstić information content (AvgIpc) is 2.64. The average molecular weight is 231 g/mol. The van der Waals surface area contributed by atoms with E-state index in [1.807, 2.05) is 0 Å². The first kappa shape index (κ1) is 10.4. The van der Waals surface area contributed by atoms with Gasteiger partial charge in [0.1, 0.15) is 0 Å². The van der Waals surface area contributed by atoms with Crippen LogP contribution in [0.25, 0.3) is 0 Å². The van der Waals surface area contributed by atoms with E-state index < -0.39 is 0 Å². The number of hydrogen-bond acceptors (Lipinski definition) is 4. The van der Waals surface area contributed by atoms with E-state index >= 15 is 0 Å². The third-order valence-corrected chi connectivity index (χ3v) is 3.20. The summed E-state index contributed by atoms with van der Waals surface area (Å²) in [7, 11) is 0. The molecule has 2 N–H and O–H groups in total. The maximum Gasteiger partial charge on any atom is 0.261 e. The van der Waals surface area contributed by atoms with Gasteiger partial charge in [0.2, 0.25) is 0 Å². The molecule has 1 fully saturated rings. The van der Waals surface area contributed by atoms with Crippen molar-refractivity contribution in [3.8, 4) is 0 Å². The number of imide groups is 1. The minimum atomic E-state index is -0.180. The molecule has 17 heavy (non-hydrogen) atoms. The summed E-state index contributed by atoms with van der Waals surface area (Å²) in [6.45, 7) is 2.02. The van der Waals surface area contributed by atoms with Crippen LogP contribution < -0.4 is 10.6 Å². The Kier molecular flexibility index (Phi) is 2.42. The van der Waals surface area contributed by atoms with Gasteiger partial charge in [0.25, 0.3) is 11.8 Å². The van der Waals surface area contributed by atoms with Crippen LogP contribution in [0, 0.1) is 0 Å². The van der Waals surface area contributed by atoms with Crippen LogP contribution in [-0.4, -0.2) is 42.5 Å². The Labute approximate surface area is 98.8 Å². The van der Waals surface area contributed by atoms with Crippen LogP contribution in [0.3, 0.4) is 0 Å². The van der Waals surface area contributed by atoms with E-state index in [4.69, 9.17) is 0 Å². The third-order valence-electron chi connectivity index (χ3n) is 3.20. The molecule has 0 saturated carbocycles. The maximum atomic E-state index is 12.2. The Morgan fingerprint density at radius 3 is 2.06 bits per heavy atom. The topological polar surface area (TPSA) is 61.4 Å². The predicted molar refractivity (Wildman–Crippen MR) is 61.6 cm³/mol. The van der Waals surface area contributed by atoms with E-state index in [1.54, 1.807) is 24.3 Å². The number of fused-ring (bicyclic) bond motifs is 1. The van der Waals surface area contributed by atoms with Gasteiger partial charge in [-0.3, -0.25) is 14.5 Å². The Morgan fingerprint density at radius 1 is 1.00 bits per heavy atom. The number of nitrogens with one attached hydrogen (secondary N) is 2. The Balaban J connectivity index is 1.94. The normalized spacial score (nSPS) is 20.8. The maximum absolute atomic E-state index is 12.2. The van der Waals surface area contributed by atoms with Crippen LogP contribution in [-0.2, 0) is 0 Å². The van der Waals surface area contributed by atoms with Gasteiger partial charge in [-0.1, -0.05) is 12.1 Å². The standard InChI is InChI=1S/C12H13N3O2/c16-11-9-3-1-2-4-10(9)12(17)15(11)8-5-13-7-14-6-8/h1-4,8,13-14H,5-7H2. The first-order chi connectivity index (χ1) is 8.29. The predicted octanol–water partition coefficient (Wildman–Crippen LogP) is -0.199. The fraction of sp³-hybridized carbons (Fsp3) is 0.333. The van der Waals surface area contributed by atoms with Crippen LogP contribution in [0.2, 0.25) is 0 Å². The molecule has 1 aromatic carbocycles.